The highest BCUT2D eigenvalue weighted by atomic mass is 16.2. The van der Waals surface area contributed by atoms with Crippen LogP contribution in [0.15, 0.2) is 54.6 Å². The predicted octanol–water partition coefficient (Wildman–Crippen LogP) is 0.865. The predicted molar refractivity (Wildman–Crippen MR) is 120 cm³/mol. The highest BCUT2D eigenvalue weighted by Crippen LogP contribution is 2.04. The minimum absolute atomic E-state index is 0.150. The van der Waals surface area contributed by atoms with E-state index in [-0.39, 0.29) is 18.4 Å². The Bertz CT molecular complexity index is 946. The van der Waals surface area contributed by atoms with Crippen molar-refractivity contribution in [2.75, 3.05) is 6.54 Å². The second-order valence-electron chi connectivity index (χ2n) is 7.09. The van der Waals surface area contributed by atoms with Crippen LogP contribution in [0.5, 0.6) is 0 Å². The SMILES string of the molecule is CC(=O)N[C@@H](Cc1ccccc1)C(=O)N[C@@H](C)C(=O)NCC#Cc1ccc(CN)cc1. The van der Waals surface area contributed by atoms with E-state index in [1.165, 1.54) is 6.92 Å². The number of rotatable bonds is 8. The maximum atomic E-state index is 12.6. The fourth-order valence-corrected chi connectivity index (χ4v) is 2.84. The molecule has 0 heterocycles. The molecule has 0 aliphatic carbocycles. The first kappa shape index (κ1) is 23.6. The van der Waals surface area contributed by atoms with Crippen LogP contribution < -0.4 is 21.7 Å². The lowest BCUT2D eigenvalue weighted by atomic mass is 10.0. The molecule has 2 aromatic carbocycles. The van der Waals surface area contributed by atoms with Gasteiger partial charge in [0, 0.05) is 25.5 Å². The molecule has 0 saturated carbocycles. The lowest BCUT2D eigenvalue weighted by Crippen LogP contribution is -2.53. The van der Waals surface area contributed by atoms with Crippen LogP contribution in [0.2, 0.25) is 0 Å². The molecular formula is C24H28N4O3. The number of benzene rings is 2. The molecule has 5 N–H and O–H groups in total. The molecule has 0 spiro atoms. The second kappa shape index (κ2) is 12.2. The van der Waals surface area contributed by atoms with Gasteiger partial charge in [-0.3, -0.25) is 14.4 Å². The van der Waals surface area contributed by atoms with Crippen LogP contribution in [0.25, 0.3) is 0 Å². The van der Waals surface area contributed by atoms with Crippen molar-refractivity contribution in [3.63, 3.8) is 0 Å². The van der Waals surface area contributed by atoms with Gasteiger partial charge in [-0.15, -0.1) is 0 Å². The molecule has 0 fully saturated rings. The Kier molecular flexibility index (Phi) is 9.27. The molecule has 0 bridgehead atoms. The summed E-state index contributed by atoms with van der Waals surface area (Å²) in [6.07, 6.45) is 0.328. The Labute approximate surface area is 182 Å². The van der Waals surface area contributed by atoms with Gasteiger partial charge in [0.1, 0.15) is 12.1 Å². The molecule has 0 saturated heterocycles. The van der Waals surface area contributed by atoms with E-state index in [0.717, 1.165) is 16.7 Å². The average Bonchev–Trinajstić information content (AvgIpc) is 2.76. The summed E-state index contributed by atoms with van der Waals surface area (Å²) < 4.78 is 0. The molecule has 2 aromatic rings. The Morgan fingerprint density at radius 1 is 0.935 bits per heavy atom. The number of nitrogens with one attached hydrogen (secondary N) is 3. The molecule has 162 valence electrons. The third-order valence-corrected chi connectivity index (χ3v) is 4.50. The Morgan fingerprint density at radius 3 is 2.23 bits per heavy atom. The number of hydrogen-bond donors (Lipinski definition) is 4. The van der Waals surface area contributed by atoms with Crippen LogP contribution in [-0.4, -0.2) is 36.3 Å². The molecule has 0 aromatic heterocycles. The molecule has 31 heavy (non-hydrogen) atoms. The fraction of sp³-hybridized carbons (Fsp3) is 0.292. The van der Waals surface area contributed by atoms with Crippen LogP contribution in [-0.2, 0) is 27.3 Å². The summed E-state index contributed by atoms with van der Waals surface area (Å²) in [5, 5.41) is 7.96. The molecule has 2 rings (SSSR count). The van der Waals surface area contributed by atoms with Gasteiger partial charge in [0.05, 0.1) is 6.54 Å². The van der Waals surface area contributed by atoms with Crippen molar-refractivity contribution >= 4 is 17.7 Å². The smallest absolute Gasteiger partial charge is 0.243 e. The zero-order valence-corrected chi connectivity index (χ0v) is 17.8. The molecule has 0 aliphatic heterocycles. The molecule has 7 nitrogen and oxygen atoms in total. The van der Waals surface area contributed by atoms with E-state index in [4.69, 9.17) is 5.73 Å². The van der Waals surface area contributed by atoms with E-state index in [2.05, 4.69) is 27.8 Å². The maximum Gasteiger partial charge on any atom is 0.243 e. The Hall–Kier alpha value is -3.63. The average molecular weight is 421 g/mol. The standard InChI is InChI=1S/C24H28N4O3/c1-17(23(30)26-14-6-9-19-10-12-21(16-25)13-11-19)27-24(31)22(28-18(2)29)15-20-7-4-3-5-8-20/h3-5,7-8,10-13,17,22H,14-16,25H2,1-2H3,(H,26,30)(H,27,31)(H,28,29)/t17-,22-/m0/s1. The van der Waals surface area contributed by atoms with E-state index in [9.17, 15) is 14.4 Å². The minimum atomic E-state index is -0.773. The molecule has 0 aliphatic rings. The zero-order chi connectivity index (χ0) is 22.6. The first-order valence-electron chi connectivity index (χ1n) is 10.1. The van der Waals surface area contributed by atoms with Gasteiger partial charge in [-0.05, 0) is 30.2 Å². The van der Waals surface area contributed by atoms with Crippen molar-refractivity contribution < 1.29 is 14.4 Å². The lowest BCUT2D eigenvalue weighted by molar-refractivity contribution is -0.131. The van der Waals surface area contributed by atoms with E-state index in [1.54, 1.807) is 6.92 Å². The van der Waals surface area contributed by atoms with Crippen molar-refractivity contribution in [2.24, 2.45) is 5.73 Å². The van der Waals surface area contributed by atoms with Crippen molar-refractivity contribution in [1.29, 1.82) is 0 Å². The number of nitrogens with two attached hydrogens (primary N) is 1. The zero-order valence-electron chi connectivity index (χ0n) is 17.8. The fourth-order valence-electron chi connectivity index (χ4n) is 2.84. The maximum absolute atomic E-state index is 12.6. The molecule has 7 heteroatoms. The van der Waals surface area contributed by atoms with E-state index < -0.39 is 18.0 Å². The molecule has 3 amide bonds. The van der Waals surface area contributed by atoms with E-state index >= 15 is 0 Å². The van der Waals surface area contributed by atoms with Gasteiger partial charge in [-0.25, -0.2) is 0 Å². The van der Waals surface area contributed by atoms with Gasteiger partial charge in [0.15, 0.2) is 0 Å². The molecule has 2 atom stereocenters. The summed E-state index contributed by atoms with van der Waals surface area (Å²) in [5.41, 5.74) is 8.32. The van der Waals surface area contributed by atoms with Crippen LogP contribution in [0, 0.1) is 11.8 Å². The van der Waals surface area contributed by atoms with Crippen molar-refractivity contribution in [2.45, 2.75) is 38.9 Å². The van der Waals surface area contributed by atoms with Crippen molar-refractivity contribution in [1.82, 2.24) is 16.0 Å². The summed E-state index contributed by atoms with van der Waals surface area (Å²) in [5.74, 6) is 4.74. The van der Waals surface area contributed by atoms with E-state index in [1.807, 2.05) is 54.6 Å². The monoisotopic (exact) mass is 420 g/mol. The molecular weight excluding hydrogens is 392 g/mol. The largest absolute Gasteiger partial charge is 0.344 e. The topological polar surface area (TPSA) is 113 Å². The van der Waals surface area contributed by atoms with Gasteiger partial charge < -0.3 is 21.7 Å². The third kappa shape index (κ3) is 8.33. The van der Waals surface area contributed by atoms with Crippen LogP contribution >= 0.6 is 0 Å². The lowest BCUT2D eigenvalue weighted by Gasteiger charge is -2.20. The number of carbonyl (C=O) groups is 3. The second-order valence-corrected chi connectivity index (χ2v) is 7.09. The van der Waals surface area contributed by atoms with Crippen LogP contribution in [0.4, 0.5) is 0 Å². The van der Waals surface area contributed by atoms with Gasteiger partial charge in [-0.2, -0.15) is 0 Å². The van der Waals surface area contributed by atoms with Crippen LogP contribution in [0.3, 0.4) is 0 Å². The highest BCUT2D eigenvalue weighted by molar-refractivity contribution is 5.91. The summed E-state index contributed by atoms with van der Waals surface area (Å²) in [6, 6.07) is 15.4. The number of carbonyl (C=O) groups excluding carboxylic acids is 3. The first-order chi connectivity index (χ1) is 14.9. The van der Waals surface area contributed by atoms with Crippen molar-refractivity contribution in [3.05, 3.63) is 71.3 Å². The first-order valence-corrected chi connectivity index (χ1v) is 10.1. The normalized spacial score (nSPS) is 12.0. The Balaban J connectivity index is 1.86. The summed E-state index contributed by atoms with van der Waals surface area (Å²) >= 11 is 0. The van der Waals surface area contributed by atoms with Gasteiger partial charge in [0.25, 0.3) is 0 Å². The summed E-state index contributed by atoms with van der Waals surface area (Å²) in [7, 11) is 0. The summed E-state index contributed by atoms with van der Waals surface area (Å²) in [6.45, 7) is 3.56. The van der Waals surface area contributed by atoms with E-state index in [0.29, 0.717) is 13.0 Å². The van der Waals surface area contributed by atoms with Gasteiger partial charge >= 0.3 is 0 Å². The Morgan fingerprint density at radius 2 is 1.61 bits per heavy atom. The quantitative estimate of drug-likeness (QED) is 0.475. The van der Waals surface area contributed by atoms with Gasteiger partial charge in [-0.1, -0.05) is 54.3 Å². The minimum Gasteiger partial charge on any atom is -0.344 e. The third-order valence-electron chi connectivity index (χ3n) is 4.50. The number of amides is 3. The number of hydrogen-bond acceptors (Lipinski definition) is 4. The van der Waals surface area contributed by atoms with Crippen LogP contribution in [0.1, 0.15) is 30.5 Å². The summed E-state index contributed by atoms with van der Waals surface area (Å²) in [4.78, 5) is 36.4. The highest BCUT2D eigenvalue weighted by Gasteiger charge is 2.23. The van der Waals surface area contributed by atoms with Crippen molar-refractivity contribution in [3.8, 4) is 11.8 Å². The van der Waals surface area contributed by atoms with Gasteiger partial charge in [0.2, 0.25) is 17.7 Å². The molecule has 0 unspecified atom stereocenters. The molecule has 0 radical (unpaired) electrons.